The van der Waals surface area contributed by atoms with Crippen molar-refractivity contribution in [3.05, 3.63) is 0 Å². The first-order chi connectivity index (χ1) is 25.8. The summed E-state index contributed by atoms with van der Waals surface area (Å²) in [5.74, 6) is -2.78. The molecule has 0 unspecified atom stereocenters. The third-order valence-corrected chi connectivity index (χ3v) is 9.64. The lowest BCUT2D eigenvalue weighted by atomic mass is 9.90. The molecule has 17 heteroatoms. The quantitative estimate of drug-likeness (QED) is 0.0507. The molecule has 0 bridgehead atoms. The standard InChI is InChI=1S/C41H75N7O10/c1-34(2,3)58-33(56)48-24-40(14,15)31(54)46-22-38(10,11)29(52)44-20-36(6,7)27(50)42-19-35(4,5)26(49)43-21-37(8,9)28(51)45-23-39(12,13)30(53)47-25-41(16,17)32(55)57-18/h19-25H2,1-18H3,(H,42,50)(H,43,49)(H,44,52)(H,45,51)(H,46,54)(H,47,53)(H,48,56)/i21+1,24+1,27+1,32+1,43+1,48+1. The number of carbonyl (C=O) groups excluding carboxylic acids is 8. The van der Waals surface area contributed by atoms with Crippen LogP contribution in [-0.2, 0) is 43.0 Å². The van der Waals surface area contributed by atoms with Crippen molar-refractivity contribution in [1.82, 2.24) is 37.2 Å². The van der Waals surface area contributed by atoms with Crippen molar-refractivity contribution in [2.24, 2.45) is 37.9 Å². The van der Waals surface area contributed by atoms with Crippen molar-refractivity contribution in [3.63, 3.8) is 0 Å². The lowest BCUT2D eigenvalue weighted by Crippen LogP contribution is -2.54. The third-order valence-electron chi connectivity index (χ3n) is 9.64. The van der Waals surface area contributed by atoms with E-state index in [0.717, 1.165) is 0 Å². The monoisotopic (exact) mass is 832 g/mol. The fourth-order valence-electron chi connectivity index (χ4n) is 4.68. The van der Waals surface area contributed by atoms with Gasteiger partial charge in [0.05, 0.1) is 45.0 Å². The highest BCUT2D eigenvalue weighted by atomic mass is 16.6. The van der Waals surface area contributed by atoms with Gasteiger partial charge in [0, 0.05) is 45.8 Å². The molecule has 0 radical (unpaired) electrons. The molecular weight excluding hydrogens is 756 g/mol. The number of hydrogen-bond acceptors (Lipinski definition) is 10. The summed E-state index contributed by atoms with van der Waals surface area (Å²) in [6, 6.07) is 0. The molecule has 334 valence electrons. The Balaban J connectivity index is 5.07. The third kappa shape index (κ3) is 17.6. The van der Waals surface area contributed by atoms with Gasteiger partial charge in [-0.3, -0.25) is 33.6 Å². The average Bonchev–Trinajstić information content (AvgIpc) is 3.09. The van der Waals surface area contributed by atoms with Crippen LogP contribution in [0.3, 0.4) is 0 Å². The topological polar surface area (TPSA) is 239 Å². The maximum Gasteiger partial charge on any atom is 0.407 e. The van der Waals surface area contributed by atoms with E-state index in [4.69, 9.17) is 9.47 Å². The van der Waals surface area contributed by atoms with E-state index >= 15 is 0 Å². The molecule has 0 spiro atoms. The SMILES string of the molecule is CO[13C](=O)C(C)(C)CNC(=O)C(C)(C)CNC(=O)C(C)(C)[13CH2][15NH]C(=O)C(C)(C)CN[13C](=O)C(C)(C)CNC(=O)C(C)(C)CNC(=O)C(C)(C)[13CH2][15NH]C(=O)OC(C)(C)C. The summed E-state index contributed by atoms with van der Waals surface area (Å²) in [7, 11) is 1.28. The number of rotatable bonds is 21. The average molecular weight is 832 g/mol. The van der Waals surface area contributed by atoms with E-state index in [2.05, 4.69) is 37.2 Å². The van der Waals surface area contributed by atoms with Gasteiger partial charge in [0.2, 0.25) is 35.4 Å². The van der Waals surface area contributed by atoms with E-state index in [9.17, 15) is 38.4 Å². The Morgan fingerprint density at radius 3 is 0.707 bits per heavy atom. The first-order valence-corrected chi connectivity index (χ1v) is 19.6. The number of alkyl carbamates (subject to hydrolysis) is 1. The number of ether oxygens (including phenoxy) is 2. The van der Waals surface area contributed by atoms with Gasteiger partial charge in [0.15, 0.2) is 0 Å². The van der Waals surface area contributed by atoms with Gasteiger partial charge >= 0.3 is 12.1 Å². The molecule has 0 aliphatic carbocycles. The van der Waals surface area contributed by atoms with E-state index in [0.29, 0.717) is 0 Å². The van der Waals surface area contributed by atoms with Gasteiger partial charge in [-0.1, -0.05) is 0 Å². The Morgan fingerprint density at radius 2 is 0.517 bits per heavy atom. The summed E-state index contributed by atoms with van der Waals surface area (Å²) in [4.78, 5) is 103. The summed E-state index contributed by atoms with van der Waals surface area (Å²) in [5.41, 5.74) is -7.86. The number of esters is 1. The molecule has 0 atom stereocenters. The van der Waals surface area contributed by atoms with Crippen molar-refractivity contribution in [1.29, 1.82) is 0 Å². The Labute approximate surface area is 346 Å². The molecule has 58 heavy (non-hydrogen) atoms. The summed E-state index contributed by atoms with van der Waals surface area (Å²) in [5, 5.41) is 19.3. The Kier molecular flexibility index (Phi) is 18.5. The van der Waals surface area contributed by atoms with Gasteiger partial charge in [-0.05, 0) is 118 Å². The zero-order chi connectivity index (χ0) is 45.9. The molecule has 7 N–H and O–H groups in total. The second kappa shape index (κ2) is 20.0. The normalized spacial score (nSPS) is 13.0. The van der Waals surface area contributed by atoms with Gasteiger partial charge in [0.25, 0.3) is 0 Å². The van der Waals surface area contributed by atoms with Crippen molar-refractivity contribution in [2.45, 2.75) is 123 Å². The van der Waals surface area contributed by atoms with E-state index in [1.54, 1.807) is 118 Å². The number of hydrogen-bond donors (Lipinski definition) is 7. The molecule has 0 rings (SSSR count). The summed E-state index contributed by atoms with van der Waals surface area (Å²) < 4.78 is 10.0. The first-order valence-electron chi connectivity index (χ1n) is 19.6. The fraction of sp³-hybridized carbons (Fsp3) is 0.805. The van der Waals surface area contributed by atoms with E-state index in [-0.39, 0.29) is 63.5 Å². The highest BCUT2D eigenvalue weighted by Crippen LogP contribution is 2.23. The maximum atomic E-state index is 13.3. The van der Waals surface area contributed by atoms with Gasteiger partial charge in [-0.15, -0.1) is 0 Å². The van der Waals surface area contributed by atoms with Crippen molar-refractivity contribution in [3.8, 4) is 0 Å². The molecule has 0 aromatic rings. The van der Waals surface area contributed by atoms with Crippen molar-refractivity contribution in [2.75, 3.05) is 52.9 Å². The molecule has 17 nitrogen and oxygen atoms in total. The first kappa shape index (κ1) is 53.6. The molecule has 0 aromatic carbocycles. The molecule has 0 heterocycles. The van der Waals surface area contributed by atoms with E-state index in [1.807, 2.05) is 0 Å². The van der Waals surface area contributed by atoms with Crippen LogP contribution in [0.5, 0.6) is 0 Å². The Morgan fingerprint density at radius 1 is 0.328 bits per heavy atom. The molecular formula is C41H75N7O10. The summed E-state index contributed by atoms with van der Waals surface area (Å²) in [6.07, 6.45) is -0.643. The lowest BCUT2D eigenvalue weighted by Gasteiger charge is -2.32. The highest BCUT2D eigenvalue weighted by molar-refractivity contribution is 5.89. The molecule has 0 aromatic heterocycles. The van der Waals surface area contributed by atoms with Gasteiger partial charge in [0.1, 0.15) is 5.60 Å². The molecule has 0 fully saturated rings. The minimum atomic E-state index is -1.07. The second-order valence-corrected chi connectivity index (χ2v) is 20.6. The van der Waals surface area contributed by atoms with Crippen LogP contribution in [0.4, 0.5) is 4.79 Å². The molecule has 0 saturated carbocycles. The van der Waals surface area contributed by atoms with Crippen LogP contribution in [0.25, 0.3) is 0 Å². The number of amides is 7. The van der Waals surface area contributed by atoms with Crippen LogP contribution in [-0.4, -0.2) is 106 Å². The molecule has 7 amide bonds. The largest absolute Gasteiger partial charge is 0.469 e. The summed E-state index contributed by atoms with van der Waals surface area (Å²) in [6.45, 7) is 28.4. The zero-order valence-electron chi connectivity index (χ0n) is 38.5. The Bertz CT molecular complexity index is 1520. The van der Waals surface area contributed by atoms with Crippen LogP contribution in [0.15, 0.2) is 0 Å². The van der Waals surface area contributed by atoms with Crippen LogP contribution in [0.1, 0.15) is 118 Å². The number of nitrogens with one attached hydrogen (secondary N) is 7. The van der Waals surface area contributed by atoms with Crippen LogP contribution in [0, 0.1) is 37.9 Å². The minimum absolute atomic E-state index is 0.00447. The second-order valence-electron chi connectivity index (χ2n) is 20.6. The van der Waals surface area contributed by atoms with Gasteiger partial charge in [-0.2, -0.15) is 0 Å². The zero-order valence-corrected chi connectivity index (χ0v) is 38.5. The predicted octanol–water partition coefficient (Wildman–Crippen LogP) is 2.56. The highest BCUT2D eigenvalue weighted by Gasteiger charge is 2.39. The Hall–Kier alpha value is -4.44. The van der Waals surface area contributed by atoms with E-state index < -0.39 is 73.3 Å². The van der Waals surface area contributed by atoms with Gasteiger partial charge in [-0.25, -0.2) is 4.79 Å². The van der Waals surface area contributed by atoms with Crippen LogP contribution < -0.4 is 37.2 Å². The molecule has 0 aliphatic rings. The number of carbonyl (C=O) groups is 8. The molecule has 0 aliphatic heterocycles. The molecule has 0 saturated heterocycles. The van der Waals surface area contributed by atoms with Gasteiger partial charge < -0.3 is 46.7 Å². The van der Waals surface area contributed by atoms with Crippen molar-refractivity contribution < 1.29 is 47.8 Å². The van der Waals surface area contributed by atoms with Crippen LogP contribution >= 0.6 is 0 Å². The predicted molar refractivity (Wildman–Crippen MR) is 221 cm³/mol. The smallest absolute Gasteiger partial charge is 0.407 e. The fourth-order valence-corrected chi connectivity index (χ4v) is 4.68. The lowest BCUT2D eigenvalue weighted by molar-refractivity contribution is -0.151. The maximum absolute atomic E-state index is 13.3. The minimum Gasteiger partial charge on any atom is -0.469 e. The van der Waals surface area contributed by atoms with Crippen molar-refractivity contribution >= 4 is 47.5 Å². The summed E-state index contributed by atoms with van der Waals surface area (Å²) >= 11 is 0. The van der Waals surface area contributed by atoms with Crippen LogP contribution in [0.2, 0.25) is 0 Å². The van der Waals surface area contributed by atoms with E-state index in [1.165, 1.54) is 7.11 Å². The number of methoxy groups -OCH3 is 1.